The molecule has 2 fully saturated rings. The zero-order chi connectivity index (χ0) is 25.5. The highest BCUT2D eigenvalue weighted by Crippen LogP contribution is 2.34. The van der Waals surface area contributed by atoms with Crippen LogP contribution in [0, 0.1) is 6.92 Å². The van der Waals surface area contributed by atoms with Gasteiger partial charge in [0, 0.05) is 13.1 Å². The third-order valence-electron chi connectivity index (χ3n) is 5.82. The minimum atomic E-state index is -0.354. The number of hydrogen-bond acceptors (Lipinski definition) is 7. The summed E-state index contributed by atoms with van der Waals surface area (Å²) in [4.78, 5) is 41.0. The molecule has 0 atom stereocenters. The predicted octanol–water partition coefficient (Wildman–Crippen LogP) is 4.51. The number of nitrogens with zero attached hydrogens (tertiary/aromatic N) is 2. The van der Waals surface area contributed by atoms with Crippen LogP contribution >= 0.6 is 11.8 Å². The van der Waals surface area contributed by atoms with Crippen LogP contribution in [0.15, 0.2) is 47.4 Å². The van der Waals surface area contributed by atoms with Gasteiger partial charge in [-0.1, -0.05) is 18.2 Å². The smallest absolute Gasteiger partial charge is 0.293 e. The van der Waals surface area contributed by atoms with Crippen molar-refractivity contribution in [1.29, 1.82) is 0 Å². The number of amides is 3. The molecular formula is C27H30N2O6S. The number of carbonyl (C=O) groups is 3. The van der Waals surface area contributed by atoms with Gasteiger partial charge in [-0.05, 0) is 79.9 Å². The lowest BCUT2D eigenvalue weighted by molar-refractivity contribution is -0.132. The van der Waals surface area contributed by atoms with E-state index in [0.29, 0.717) is 34.3 Å². The molecule has 3 amide bonds. The maximum absolute atomic E-state index is 12.9. The summed E-state index contributed by atoms with van der Waals surface area (Å²) in [7, 11) is 0. The summed E-state index contributed by atoms with van der Waals surface area (Å²) >= 11 is 0.898. The maximum atomic E-state index is 12.9. The highest BCUT2D eigenvalue weighted by atomic mass is 32.2. The van der Waals surface area contributed by atoms with E-state index in [0.717, 1.165) is 43.3 Å². The topological polar surface area (TPSA) is 85.4 Å². The summed E-state index contributed by atoms with van der Waals surface area (Å²) in [6.45, 7) is 6.11. The molecule has 2 aromatic carbocycles. The number of ether oxygens (including phenoxy) is 3. The highest BCUT2D eigenvalue weighted by Gasteiger charge is 2.34. The Labute approximate surface area is 215 Å². The Kier molecular flexibility index (Phi) is 8.53. The normalized spacial score (nSPS) is 16.7. The molecule has 2 heterocycles. The molecule has 4 rings (SSSR count). The number of likely N-dealkylation sites (tertiary alicyclic amines) is 1. The van der Waals surface area contributed by atoms with Crippen molar-refractivity contribution in [2.75, 3.05) is 39.5 Å². The number of benzene rings is 2. The van der Waals surface area contributed by atoms with Crippen molar-refractivity contribution in [3.63, 3.8) is 0 Å². The van der Waals surface area contributed by atoms with Crippen molar-refractivity contribution in [3.05, 3.63) is 58.5 Å². The van der Waals surface area contributed by atoms with Gasteiger partial charge >= 0.3 is 0 Å². The summed E-state index contributed by atoms with van der Waals surface area (Å²) < 4.78 is 17.1. The average molecular weight is 511 g/mol. The predicted molar refractivity (Wildman–Crippen MR) is 138 cm³/mol. The van der Waals surface area contributed by atoms with E-state index in [4.69, 9.17) is 14.2 Å². The standard InChI is InChI=1S/C27H30N2O6S/c1-3-33-23-16-20(9-10-22(23)35-18-25(30)28-11-4-5-12-28)17-24-26(31)29(27(32)36-24)13-14-34-21-8-6-7-19(2)15-21/h6-10,15-17H,3-5,11-14,18H2,1-2H3/b24-17-. The van der Waals surface area contributed by atoms with Gasteiger partial charge in [-0.15, -0.1) is 0 Å². The number of carbonyl (C=O) groups excluding carboxylic acids is 3. The van der Waals surface area contributed by atoms with Crippen molar-refractivity contribution >= 4 is 34.9 Å². The minimum Gasteiger partial charge on any atom is -0.492 e. The van der Waals surface area contributed by atoms with E-state index in [-0.39, 0.29) is 36.8 Å². The van der Waals surface area contributed by atoms with Gasteiger partial charge in [-0.2, -0.15) is 0 Å². The number of rotatable bonds is 10. The van der Waals surface area contributed by atoms with E-state index < -0.39 is 0 Å². The van der Waals surface area contributed by atoms with Gasteiger partial charge in [0.2, 0.25) is 0 Å². The van der Waals surface area contributed by atoms with Crippen LogP contribution in [0.3, 0.4) is 0 Å². The fourth-order valence-electron chi connectivity index (χ4n) is 4.00. The van der Waals surface area contributed by atoms with Crippen LogP contribution in [0.2, 0.25) is 0 Å². The van der Waals surface area contributed by atoms with Crippen LogP contribution < -0.4 is 14.2 Å². The Hall–Kier alpha value is -3.46. The van der Waals surface area contributed by atoms with Crippen molar-refractivity contribution in [2.24, 2.45) is 0 Å². The van der Waals surface area contributed by atoms with E-state index in [1.54, 1.807) is 29.2 Å². The lowest BCUT2D eigenvalue weighted by Gasteiger charge is -2.17. The molecule has 0 unspecified atom stereocenters. The monoisotopic (exact) mass is 510 g/mol. The van der Waals surface area contributed by atoms with Crippen molar-refractivity contribution in [1.82, 2.24) is 9.80 Å². The van der Waals surface area contributed by atoms with Crippen molar-refractivity contribution < 1.29 is 28.6 Å². The number of hydrogen-bond donors (Lipinski definition) is 0. The molecule has 0 N–H and O–H groups in total. The molecule has 2 aliphatic heterocycles. The fourth-order valence-corrected chi connectivity index (χ4v) is 4.87. The molecule has 8 nitrogen and oxygen atoms in total. The molecular weight excluding hydrogens is 480 g/mol. The zero-order valence-electron chi connectivity index (χ0n) is 20.5. The van der Waals surface area contributed by atoms with Crippen LogP contribution in [0.25, 0.3) is 6.08 Å². The van der Waals surface area contributed by atoms with Crippen LogP contribution in [0.1, 0.15) is 30.9 Å². The second kappa shape index (κ2) is 12.0. The Morgan fingerprint density at radius 1 is 1.03 bits per heavy atom. The first kappa shape index (κ1) is 25.6. The van der Waals surface area contributed by atoms with E-state index in [9.17, 15) is 14.4 Å². The highest BCUT2D eigenvalue weighted by molar-refractivity contribution is 8.18. The van der Waals surface area contributed by atoms with Gasteiger partial charge in [-0.25, -0.2) is 0 Å². The molecule has 9 heteroatoms. The van der Waals surface area contributed by atoms with Crippen molar-refractivity contribution in [2.45, 2.75) is 26.7 Å². The van der Waals surface area contributed by atoms with Gasteiger partial charge in [0.25, 0.3) is 17.1 Å². The zero-order valence-corrected chi connectivity index (χ0v) is 21.3. The van der Waals surface area contributed by atoms with E-state index >= 15 is 0 Å². The Morgan fingerprint density at radius 2 is 1.83 bits per heavy atom. The van der Waals surface area contributed by atoms with Crippen molar-refractivity contribution in [3.8, 4) is 17.2 Å². The summed E-state index contributed by atoms with van der Waals surface area (Å²) in [5.74, 6) is 1.24. The second-order valence-corrected chi connectivity index (χ2v) is 9.51. The lowest BCUT2D eigenvalue weighted by atomic mass is 10.2. The van der Waals surface area contributed by atoms with Gasteiger partial charge < -0.3 is 19.1 Å². The average Bonchev–Trinajstić information content (AvgIpc) is 3.48. The molecule has 190 valence electrons. The molecule has 0 radical (unpaired) electrons. The van der Waals surface area contributed by atoms with Gasteiger partial charge in [0.1, 0.15) is 12.4 Å². The van der Waals surface area contributed by atoms with E-state index in [2.05, 4.69) is 0 Å². The summed E-state index contributed by atoms with van der Waals surface area (Å²) in [5.41, 5.74) is 1.76. The van der Waals surface area contributed by atoms with Crippen LogP contribution in [-0.4, -0.2) is 66.3 Å². The number of thioether (sulfide) groups is 1. The first-order valence-corrected chi connectivity index (χ1v) is 12.9. The molecule has 0 aromatic heterocycles. The molecule has 2 aromatic rings. The van der Waals surface area contributed by atoms with Gasteiger partial charge in [0.05, 0.1) is 18.1 Å². The molecule has 0 saturated carbocycles. The maximum Gasteiger partial charge on any atom is 0.293 e. The Balaban J connectivity index is 1.39. The largest absolute Gasteiger partial charge is 0.492 e. The van der Waals surface area contributed by atoms with Crippen LogP contribution in [0.5, 0.6) is 17.2 Å². The Morgan fingerprint density at radius 3 is 2.58 bits per heavy atom. The van der Waals surface area contributed by atoms with Gasteiger partial charge in [-0.3, -0.25) is 19.3 Å². The fraction of sp³-hybridized carbons (Fsp3) is 0.370. The summed E-state index contributed by atoms with van der Waals surface area (Å²) in [6, 6.07) is 12.8. The van der Waals surface area contributed by atoms with Gasteiger partial charge in [0.15, 0.2) is 18.1 Å². The molecule has 36 heavy (non-hydrogen) atoms. The van der Waals surface area contributed by atoms with Crippen LogP contribution in [0.4, 0.5) is 4.79 Å². The number of imide groups is 1. The third-order valence-corrected chi connectivity index (χ3v) is 6.73. The first-order chi connectivity index (χ1) is 17.4. The molecule has 0 spiro atoms. The van der Waals surface area contributed by atoms with Crippen LogP contribution in [-0.2, 0) is 9.59 Å². The van der Waals surface area contributed by atoms with E-state index in [1.807, 2.05) is 38.1 Å². The second-order valence-electron chi connectivity index (χ2n) is 8.51. The molecule has 0 aliphatic carbocycles. The lowest BCUT2D eigenvalue weighted by Crippen LogP contribution is -2.32. The number of aryl methyl sites for hydroxylation is 1. The third kappa shape index (κ3) is 6.40. The summed E-state index contributed by atoms with van der Waals surface area (Å²) in [5, 5.41) is -0.329. The molecule has 2 saturated heterocycles. The molecule has 0 bridgehead atoms. The van der Waals surface area contributed by atoms with E-state index in [1.165, 1.54) is 4.90 Å². The first-order valence-electron chi connectivity index (χ1n) is 12.1. The minimum absolute atomic E-state index is 0.0425. The summed E-state index contributed by atoms with van der Waals surface area (Å²) in [6.07, 6.45) is 3.71. The Bertz CT molecular complexity index is 1160. The SMILES string of the molecule is CCOc1cc(/C=C2\SC(=O)N(CCOc3cccc(C)c3)C2=O)ccc1OCC(=O)N1CCCC1. The molecule has 2 aliphatic rings. The quantitative estimate of drug-likeness (QED) is 0.435.